The zero-order chi connectivity index (χ0) is 38.8. The molecule has 1 amide bonds. The van der Waals surface area contributed by atoms with Crippen LogP contribution in [-0.2, 0) is 44.5 Å². The van der Waals surface area contributed by atoms with Crippen LogP contribution in [0.25, 0.3) is 11.1 Å². The summed E-state index contributed by atoms with van der Waals surface area (Å²) in [7, 11) is -8.05. The summed E-state index contributed by atoms with van der Waals surface area (Å²) in [4.78, 5) is 16.8. The van der Waals surface area contributed by atoms with Crippen LogP contribution in [0.5, 0.6) is 17.2 Å². The predicted octanol–water partition coefficient (Wildman–Crippen LogP) is 4.64. The van der Waals surface area contributed by atoms with Gasteiger partial charge in [0.1, 0.15) is 19.0 Å². The van der Waals surface area contributed by atoms with Gasteiger partial charge in [0.25, 0.3) is 0 Å². The normalized spacial score (nSPS) is 12.1. The van der Waals surface area contributed by atoms with Crippen LogP contribution in [-0.4, -0.2) is 88.5 Å². The van der Waals surface area contributed by atoms with Gasteiger partial charge in [-0.15, -0.1) is 6.42 Å². The topological polar surface area (TPSA) is 170 Å². The molecule has 0 unspecified atom stereocenters. The standard InChI is InChI=1S/C37H39ClN3O9S2.Po/c1-6-14-48-34-13-9-12-31(25(34)4)30-11-8-10-27(24(30)3)22-50-36-17-35(49-21-26-15-29(20-39-18-26)51(5,43)44)28(16-32(36)38)19-41-33(23-52(45,46)47)37(42)40-7-2;/h1,8-13,15-18,20,33,41H,2,7,14,19,21-23H2,3-5H3,(H,40,42)(H,45,46,47);/t33-;/m0./s1. The molecule has 53 heavy (non-hydrogen) atoms. The van der Waals surface area contributed by atoms with Crippen molar-refractivity contribution in [3.8, 4) is 40.7 Å². The van der Waals surface area contributed by atoms with Crippen LogP contribution >= 0.6 is 11.6 Å². The van der Waals surface area contributed by atoms with Crippen molar-refractivity contribution < 1.29 is 40.4 Å². The van der Waals surface area contributed by atoms with Gasteiger partial charge in [0, 0.05) is 18.6 Å². The van der Waals surface area contributed by atoms with Gasteiger partial charge in [-0.25, -0.2) is 8.42 Å². The Morgan fingerprint density at radius 3 is 2.32 bits per heavy atom. The summed E-state index contributed by atoms with van der Waals surface area (Å²) in [6.07, 6.45) is 9.18. The summed E-state index contributed by atoms with van der Waals surface area (Å²) in [5, 5.41) is 5.75. The molecule has 1 heterocycles. The molecular weight excluding hydrogens is 939 g/mol. The number of rotatable bonds is 18. The third-order valence-corrected chi connectivity index (χ3v) is 11.0. The summed E-state index contributed by atoms with van der Waals surface area (Å²) in [6, 6.07) is 15.0. The van der Waals surface area contributed by atoms with E-state index in [0.717, 1.165) is 34.1 Å². The number of benzene rings is 3. The van der Waals surface area contributed by atoms with Crippen molar-refractivity contribution in [1.29, 1.82) is 0 Å². The smallest absolute Gasteiger partial charge is 0.00109 e. The van der Waals surface area contributed by atoms with E-state index in [2.05, 4.69) is 21.5 Å². The number of pyridine rings is 1. The number of aromatic nitrogens is 1. The fraction of sp³-hybridized carbons (Fsp3) is 0.297. The first kappa shape index (κ1) is 42.0. The zero-order valence-corrected chi connectivity index (χ0v) is 34.8. The van der Waals surface area contributed by atoms with E-state index in [0.29, 0.717) is 27.5 Å². The Labute approximate surface area is 330 Å². The number of nitrogens with one attached hydrogen (secondary N) is 2. The van der Waals surface area contributed by atoms with Gasteiger partial charge < -0.3 is 4.74 Å². The van der Waals surface area contributed by atoms with Gasteiger partial charge in [0.2, 0.25) is 0 Å². The monoisotopic (exact) mass is 977 g/mol. The van der Waals surface area contributed by atoms with Crippen LogP contribution in [0.2, 0.25) is 9.10 Å². The third-order valence-electron chi connectivity index (χ3n) is 8.06. The largest absolute Gasteiger partial charge is 0.0388 e. The minimum absolute atomic E-state index is 0.0213. The van der Waals surface area contributed by atoms with Crippen molar-refractivity contribution >= 4 is 62.5 Å². The van der Waals surface area contributed by atoms with E-state index >= 15 is 0 Å². The van der Waals surface area contributed by atoms with Gasteiger partial charge in [0.05, 0.1) is 4.90 Å². The van der Waals surface area contributed by atoms with Crippen LogP contribution in [0.3, 0.4) is 0 Å². The first-order valence-corrected chi connectivity index (χ1v) is 22.2. The maximum atomic E-state index is 12.8. The number of hydrogen-bond donors (Lipinski definition) is 3. The molecule has 3 aromatic carbocycles. The van der Waals surface area contributed by atoms with E-state index in [4.69, 9.17) is 32.2 Å². The maximum absolute atomic E-state index is 12.8. The molecule has 0 aliphatic heterocycles. The van der Waals surface area contributed by atoms with E-state index < -0.39 is 37.7 Å². The second-order valence-corrected chi connectivity index (χ2v) is 17.5. The number of hydrogen-bond acceptors (Lipinski definition) is 10. The van der Waals surface area contributed by atoms with Crippen molar-refractivity contribution in [2.75, 3.05) is 25.2 Å². The Morgan fingerprint density at radius 2 is 1.64 bits per heavy atom. The minimum atomic E-state index is -4.52. The molecule has 4 aromatic rings. The molecule has 4 rings (SSSR count). The molecule has 0 fully saturated rings. The molecule has 1 atom stereocenters. The molecule has 3 N–H and O–H groups in total. The molecule has 0 spiro atoms. The van der Waals surface area contributed by atoms with Crippen molar-refractivity contribution in [2.24, 2.45) is 0 Å². The number of halogens is 1. The number of carbonyl (C=O) groups excluding carboxylic acids is 1. The van der Waals surface area contributed by atoms with Crippen LogP contribution in [0.15, 0.2) is 71.9 Å². The maximum Gasteiger partial charge on any atom is -0.00109 e. The summed E-state index contributed by atoms with van der Waals surface area (Å²) < 4.78 is 76.1. The van der Waals surface area contributed by atoms with Crippen LogP contribution in [0.4, 0.5) is 0 Å². The van der Waals surface area contributed by atoms with Gasteiger partial charge >= 0.3 is 166 Å². The average molecular weight is 978 g/mol. The summed E-state index contributed by atoms with van der Waals surface area (Å²) >= 11 is 7.97. The van der Waals surface area contributed by atoms with E-state index in [9.17, 15) is 26.2 Å². The number of nitrogens with zero attached hydrogens (tertiary/aromatic N) is 1. The minimum Gasteiger partial charge on any atom is -0.0388 e. The van der Waals surface area contributed by atoms with Gasteiger partial charge in [0.15, 0.2) is 9.84 Å². The molecule has 0 saturated carbocycles. The Hall–Kier alpha value is -3.75. The summed E-state index contributed by atoms with van der Waals surface area (Å²) in [5.41, 5.74) is 5.67. The third kappa shape index (κ3) is 12.1. The number of ether oxygens (including phenoxy) is 3. The van der Waals surface area contributed by atoms with E-state index in [1.807, 2.05) is 50.2 Å². The van der Waals surface area contributed by atoms with Crippen molar-refractivity contribution in [3.63, 3.8) is 0 Å². The average Bonchev–Trinajstić information content (AvgIpc) is 3.11. The first-order chi connectivity index (χ1) is 25.1. The molecule has 12 nitrogen and oxygen atoms in total. The zero-order valence-electron chi connectivity index (χ0n) is 29.2. The molecular formula is C37H39ClN3O9PoS2. The van der Waals surface area contributed by atoms with Gasteiger partial charge in [-0.2, -0.15) is 0 Å². The second kappa shape index (κ2) is 19.0. The van der Waals surface area contributed by atoms with E-state index in [1.54, 1.807) is 12.1 Å². The van der Waals surface area contributed by atoms with Crippen LogP contribution in [0, 0.1) is 26.2 Å². The molecule has 1 radical (unpaired) electrons. The molecule has 1 aromatic heterocycles. The summed E-state index contributed by atoms with van der Waals surface area (Å²) in [6.45, 7) is 4.42. The number of terminal acetylenes is 1. The summed E-state index contributed by atoms with van der Waals surface area (Å²) in [5.74, 6) is 2.26. The molecule has 0 aliphatic rings. The fourth-order valence-corrected chi connectivity index (χ4v) is 7.25. The van der Waals surface area contributed by atoms with Gasteiger partial charge in [-0.3, -0.25) is 4.98 Å². The van der Waals surface area contributed by atoms with Crippen LogP contribution < -0.4 is 24.8 Å². The number of sulfone groups is 1. The Morgan fingerprint density at radius 1 is 0.943 bits per heavy atom. The number of amides is 1. The van der Waals surface area contributed by atoms with Crippen molar-refractivity contribution in [1.82, 2.24) is 15.6 Å². The predicted molar refractivity (Wildman–Crippen MR) is 204 cm³/mol. The van der Waals surface area contributed by atoms with E-state index in [1.165, 1.54) is 43.5 Å². The van der Waals surface area contributed by atoms with Crippen molar-refractivity contribution in [3.05, 3.63) is 99.8 Å². The molecule has 0 bridgehead atoms. The van der Waals surface area contributed by atoms with E-state index in [-0.39, 0.29) is 47.8 Å². The Kier molecular flexibility index (Phi) is 15.1. The molecule has 0 saturated heterocycles. The quantitative estimate of drug-likeness (QED) is 0.0939. The molecule has 16 heteroatoms. The Balaban J connectivity index is 1.64. The SMILES string of the molecule is C#CCOc1cccc(-c2cccc(COc3cc(OCc4cncc(S(C)(=O)=O)c4)c(CN[C@@H](CS(=O)(=O)O)C(=O)NC[CH2][Po])cc3Cl)c2C)c1C. The molecule has 0 aliphatic carbocycles. The van der Waals surface area contributed by atoms with Gasteiger partial charge in [-0.1, -0.05) is 36.3 Å². The fourth-order valence-electron chi connectivity index (χ4n) is 5.30. The Bertz CT molecular complexity index is 2210. The second-order valence-electron chi connectivity index (χ2n) is 12.0. The number of carbonyl (C=O) groups is 1. The van der Waals surface area contributed by atoms with Crippen LogP contribution in [0.1, 0.15) is 27.8 Å². The van der Waals surface area contributed by atoms with Gasteiger partial charge in [-0.05, 0) is 53.8 Å². The van der Waals surface area contributed by atoms with Crippen molar-refractivity contribution in [2.45, 2.75) is 48.6 Å². The first-order valence-electron chi connectivity index (χ1n) is 16.1. The molecule has 281 valence electrons.